The van der Waals surface area contributed by atoms with Gasteiger partial charge in [0, 0.05) is 37.1 Å². The van der Waals surface area contributed by atoms with Crippen LogP contribution in [-0.4, -0.2) is 55.1 Å². The van der Waals surface area contributed by atoms with Crippen molar-refractivity contribution in [3.05, 3.63) is 35.9 Å². The van der Waals surface area contributed by atoms with Crippen molar-refractivity contribution < 1.29 is 9.53 Å². The van der Waals surface area contributed by atoms with Crippen molar-refractivity contribution in [2.24, 2.45) is 5.41 Å². The molecule has 0 spiro atoms. The number of benzene rings is 1. The molecule has 0 unspecified atom stereocenters. The Kier molecular flexibility index (Phi) is 4.97. The number of piperidine rings is 1. The van der Waals surface area contributed by atoms with Crippen molar-refractivity contribution in [3.63, 3.8) is 0 Å². The molecule has 4 heteroatoms. The molecule has 0 N–H and O–H groups in total. The van der Waals surface area contributed by atoms with E-state index >= 15 is 0 Å². The van der Waals surface area contributed by atoms with Gasteiger partial charge in [0.05, 0.1) is 13.2 Å². The van der Waals surface area contributed by atoms with Crippen LogP contribution in [-0.2, 0) is 15.1 Å². The molecule has 0 radical (unpaired) electrons. The third-order valence-corrected chi connectivity index (χ3v) is 5.45. The SMILES string of the molecule is CC(C)(C)C(=O)N1CCC(c2ccccc2)(N2CCOCC2)CC1. The van der Waals surface area contributed by atoms with Crippen LogP contribution in [0.25, 0.3) is 0 Å². The summed E-state index contributed by atoms with van der Waals surface area (Å²) in [7, 11) is 0. The van der Waals surface area contributed by atoms with Crippen molar-refractivity contribution in [1.29, 1.82) is 0 Å². The van der Waals surface area contributed by atoms with Crippen LogP contribution in [0.1, 0.15) is 39.2 Å². The van der Waals surface area contributed by atoms with Crippen molar-refractivity contribution in [3.8, 4) is 0 Å². The lowest BCUT2D eigenvalue weighted by molar-refractivity contribution is -0.143. The molecule has 0 aromatic heterocycles. The molecule has 0 aliphatic carbocycles. The zero-order valence-corrected chi connectivity index (χ0v) is 15.3. The van der Waals surface area contributed by atoms with Gasteiger partial charge in [0.1, 0.15) is 0 Å². The van der Waals surface area contributed by atoms with E-state index in [2.05, 4.69) is 40.1 Å². The molecule has 1 amide bonds. The Balaban J connectivity index is 1.82. The number of hydrogen-bond acceptors (Lipinski definition) is 3. The van der Waals surface area contributed by atoms with Gasteiger partial charge in [-0.05, 0) is 18.4 Å². The Bertz CT molecular complexity index is 551. The van der Waals surface area contributed by atoms with Gasteiger partial charge in [-0.3, -0.25) is 9.69 Å². The first-order valence-corrected chi connectivity index (χ1v) is 9.11. The highest BCUT2D eigenvalue weighted by Crippen LogP contribution is 2.40. The maximum Gasteiger partial charge on any atom is 0.227 e. The van der Waals surface area contributed by atoms with Gasteiger partial charge >= 0.3 is 0 Å². The zero-order chi connectivity index (χ0) is 17.2. The Morgan fingerprint density at radius 2 is 1.58 bits per heavy atom. The summed E-state index contributed by atoms with van der Waals surface area (Å²) in [6.07, 6.45) is 2.00. The van der Waals surface area contributed by atoms with Crippen molar-refractivity contribution in [2.45, 2.75) is 39.2 Å². The number of morpholine rings is 1. The minimum absolute atomic E-state index is 0.0414. The fraction of sp³-hybridized carbons (Fsp3) is 0.650. The highest BCUT2D eigenvalue weighted by atomic mass is 16.5. The van der Waals surface area contributed by atoms with Crippen LogP contribution in [0.3, 0.4) is 0 Å². The molecule has 0 saturated carbocycles. The van der Waals surface area contributed by atoms with Crippen LogP contribution >= 0.6 is 0 Å². The maximum absolute atomic E-state index is 12.6. The van der Waals surface area contributed by atoms with Crippen LogP contribution in [0.4, 0.5) is 0 Å². The third-order valence-electron chi connectivity index (χ3n) is 5.45. The fourth-order valence-corrected chi connectivity index (χ4v) is 4.08. The lowest BCUT2D eigenvalue weighted by Gasteiger charge is -2.51. The van der Waals surface area contributed by atoms with Crippen LogP contribution in [0.2, 0.25) is 0 Å². The highest BCUT2D eigenvalue weighted by molar-refractivity contribution is 5.81. The summed E-state index contributed by atoms with van der Waals surface area (Å²) in [5, 5.41) is 0. The molecule has 4 nitrogen and oxygen atoms in total. The number of carbonyl (C=O) groups is 1. The molecule has 2 aliphatic rings. The lowest BCUT2D eigenvalue weighted by atomic mass is 9.78. The van der Waals surface area contributed by atoms with E-state index in [4.69, 9.17) is 4.74 Å². The molecule has 132 valence electrons. The van der Waals surface area contributed by atoms with Gasteiger partial charge in [-0.1, -0.05) is 51.1 Å². The average molecular weight is 330 g/mol. The minimum atomic E-state index is -0.300. The smallest absolute Gasteiger partial charge is 0.227 e. The van der Waals surface area contributed by atoms with Gasteiger partial charge in [-0.15, -0.1) is 0 Å². The number of rotatable bonds is 2. The van der Waals surface area contributed by atoms with E-state index in [0.29, 0.717) is 0 Å². The van der Waals surface area contributed by atoms with E-state index in [-0.39, 0.29) is 16.9 Å². The minimum Gasteiger partial charge on any atom is -0.379 e. The highest BCUT2D eigenvalue weighted by Gasteiger charge is 2.43. The van der Waals surface area contributed by atoms with Gasteiger partial charge < -0.3 is 9.64 Å². The Labute approximate surface area is 145 Å². The van der Waals surface area contributed by atoms with Gasteiger partial charge in [-0.2, -0.15) is 0 Å². The molecule has 2 heterocycles. The monoisotopic (exact) mass is 330 g/mol. The topological polar surface area (TPSA) is 32.8 Å². The molecular formula is C20H30N2O2. The first-order valence-electron chi connectivity index (χ1n) is 9.11. The van der Waals surface area contributed by atoms with Crippen LogP contribution in [0.15, 0.2) is 30.3 Å². The van der Waals surface area contributed by atoms with Gasteiger partial charge in [0.25, 0.3) is 0 Å². The van der Waals surface area contributed by atoms with Gasteiger partial charge in [0.2, 0.25) is 5.91 Å². The van der Waals surface area contributed by atoms with Gasteiger partial charge in [-0.25, -0.2) is 0 Å². The zero-order valence-electron chi connectivity index (χ0n) is 15.3. The average Bonchev–Trinajstić information content (AvgIpc) is 2.62. The summed E-state index contributed by atoms with van der Waals surface area (Å²) in [5.41, 5.74) is 1.13. The van der Waals surface area contributed by atoms with Gasteiger partial charge in [0.15, 0.2) is 0 Å². The molecule has 1 aromatic carbocycles. The van der Waals surface area contributed by atoms with Crippen LogP contribution in [0.5, 0.6) is 0 Å². The normalized spacial score (nSPS) is 22.4. The number of amides is 1. The summed E-state index contributed by atoms with van der Waals surface area (Å²) >= 11 is 0. The predicted molar refractivity (Wildman–Crippen MR) is 95.8 cm³/mol. The van der Waals surface area contributed by atoms with Crippen LogP contribution in [0, 0.1) is 5.41 Å². The number of hydrogen-bond donors (Lipinski definition) is 0. The molecule has 1 aromatic rings. The van der Waals surface area contributed by atoms with E-state index in [9.17, 15) is 4.79 Å². The van der Waals surface area contributed by atoms with E-state index in [1.807, 2.05) is 20.8 Å². The Morgan fingerprint density at radius 3 is 2.12 bits per heavy atom. The summed E-state index contributed by atoms with van der Waals surface area (Å²) in [4.78, 5) is 17.3. The molecule has 2 fully saturated rings. The number of carbonyl (C=O) groups excluding carboxylic acids is 1. The molecule has 3 rings (SSSR count). The first kappa shape index (κ1) is 17.4. The van der Waals surface area contributed by atoms with Crippen molar-refractivity contribution in [2.75, 3.05) is 39.4 Å². The molecule has 2 saturated heterocycles. The molecule has 0 atom stereocenters. The second-order valence-electron chi connectivity index (χ2n) is 8.04. The standard InChI is InChI=1S/C20H30N2O2/c1-19(2,3)18(23)21-11-9-20(10-12-21,17-7-5-4-6-8-17)22-13-15-24-16-14-22/h4-8H,9-16H2,1-3H3. The van der Waals surface area contributed by atoms with E-state index in [0.717, 1.165) is 52.2 Å². The first-order chi connectivity index (χ1) is 11.4. The molecular weight excluding hydrogens is 300 g/mol. The second kappa shape index (κ2) is 6.85. The van der Waals surface area contributed by atoms with E-state index < -0.39 is 0 Å². The summed E-state index contributed by atoms with van der Waals surface area (Å²) in [5.74, 6) is 0.270. The summed E-state index contributed by atoms with van der Waals surface area (Å²) < 4.78 is 5.57. The quantitative estimate of drug-likeness (QED) is 0.836. The van der Waals surface area contributed by atoms with Crippen molar-refractivity contribution >= 4 is 5.91 Å². The third kappa shape index (κ3) is 3.35. The molecule has 24 heavy (non-hydrogen) atoms. The summed E-state index contributed by atoms with van der Waals surface area (Å²) in [6.45, 7) is 11.3. The lowest BCUT2D eigenvalue weighted by Crippen LogP contribution is -2.57. The number of likely N-dealkylation sites (tertiary alicyclic amines) is 1. The van der Waals surface area contributed by atoms with E-state index in [1.165, 1.54) is 5.56 Å². The number of nitrogens with zero attached hydrogens (tertiary/aromatic N) is 2. The van der Waals surface area contributed by atoms with Crippen molar-refractivity contribution in [1.82, 2.24) is 9.80 Å². The molecule has 2 aliphatic heterocycles. The molecule has 0 bridgehead atoms. The second-order valence-corrected chi connectivity index (χ2v) is 8.04. The predicted octanol–water partition coefficient (Wildman–Crippen LogP) is 2.88. The largest absolute Gasteiger partial charge is 0.379 e. The number of ether oxygens (including phenoxy) is 1. The maximum atomic E-state index is 12.6. The summed E-state index contributed by atoms with van der Waals surface area (Å²) in [6, 6.07) is 10.8. The Morgan fingerprint density at radius 1 is 1.00 bits per heavy atom. The van der Waals surface area contributed by atoms with Crippen LogP contribution < -0.4 is 0 Å². The fourth-order valence-electron chi connectivity index (χ4n) is 4.08. The van der Waals surface area contributed by atoms with E-state index in [1.54, 1.807) is 0 Å². The Hall–Kier alpha value is -1.39.